The SMILES string of the molecule is CC[Si](C)(NC(C)C)NC(C)C. The molecule has 0 spiro atoms. The second kappa shape index (κ2) is 4.99. The summed E-state index contributed by atoms with van der Waals surface area (Å²) in [5.41, 5.74) is 0. The van der Waals surface area contributed by atoms with Gasteiger partial charge < -0.3 is 9.96 Å². The molecule has 0 saturated heterocycles. The van der Waals surface area contributed by atoms with Gasteiger partial charge in [-0.2, -0.15) is 0 Å². The molecule has 12 heavy (non-hydrogen) atoms. The fraction of sp³-hybridized carbons (Fsp3) is 1.00. The minimum absolute atomic E-state index is 0.591. The first-order chi connectivity index (χ1) is 5.39. The van der Waals surface area contributed by atoms with Crippen LogP contribution in [0.2, 0.25) is 12.6 Å². The third-order valence-corrected chi connectivity index (χ3v) is 5.76. The summed E-state index contributed by atoms with van der Waals surface area (Å²) in [6.07, 6.45) is 0. The fourth-order valence-electron chi connectivity index (χ4n) is 1.52. The summed E-state index contributed by atoms with van der Waals surface area (Å²) >= 11 is 0. The second-order valence-corrected chi connectivity index (χ2v) is 8.23. The van der Waals surface area contributed by atoms with Crippen molar-refractivity contribution in [3.8, 4) is 0 Å². The maximum absolute atomic E-state index is 3.66. The highest BCUT2D eigenvalue weighted by Crippen LogP contribution is 2.03. The first kappa shape index (κ1) is 12.1. The van der Waals surface area contributed by atoms with Crippen LogP contribution < -0.4 is 9.96 Å². The summed E-state index contributed by atoms with van der Waals surface area (Å²) in [7, 11) is -1.35. The average Bonchev–Trinajstić information content (AvgIpc) is 1.83. The highest BCUT2D eigenvalue weighted by Gasteiger charge is 2.26. The number of hydrogen-bond donors (Lipinski definition) is 2. The fourth-order valence-corrected chi connectivity index (χ4v) is 4.56. The maximum atomic E-state index is 3.66. The van der Waals surface area contributed by atoms with Crippen molar-refractivity contribution in [3.63, 3.8) is 0 Å². The third kappa shape index (κ3) is 4.90. The van der Waals surface area contributed by atoms with E-state index in [4.69, 9.17) is 0 Å². The lowest BCUT2D eigenvalue weighted by Gasteiger charge is -2.32. The topological polar surface area (TPSA) is 24.1 Å². The lowest BCUT2D eigenvalue weighted by atomic mass is 10.4. The number of hydrogen-bond acceptors (Lipinski definition) is 2. The molecule has 0 atom stereocenters. The molecule has 0 aromatic rings. The van der Waals surface area contributed by atoms with Crippen molar-refractivity contribution in [2.75, 3.05) is 0 Å². The van der Waals surface area contributed by atoms with E-state index < -0.39 is 8.40 Å². The van der Waals surface area contributed by atoms with Gasteiger partial charge in [0.25, 0.3) is 0 Å². The van der Waals surface area contributed by atoms with Gasteiger partial charge >= 0.3 is 0 Å². The van der Waals surface area contributed by atoms with Gasteiger partial charge in [0.1, 0.15) is 0 Å². The molecule has 74 valence electrons. The molecule has 0 aliphatic rings. The van der Waals surface area contributed by atoms with Crippen molar-refractivity contribution in [1.29, 1.82) is 0 Å². The molecule has 0 amide bonds. The van der Waals surface area contributed by atoms with Gasteiger partial charge in [-0.1, -0.05) is 34.6 Å². The Kier molecular flexibility index (Phi) is 5.05. The van der Waals surface area contributed by atoms with Crippen LogP contribution in [0.3, 0.4) is 0 Å². The Morgan fingerprint density at radius 1 is 1.00 bits per heavy atom. The van der Waals surface area contributed by atoms with Crippen LogP contribution in [0.25, 0.3) is 0 Å². The molecule has 0 bridgehead atoms. The summed E-state index contributed by atoms with van der Waals surface area (Å²) in [5, 5.41) is 0. The Morgan fingerprint density at radius 3 is 1.50 bits per heavy atom. The monoisotopic (exact) mass is 188 g/mol. The standard InChI is InChI=1S/C9H24N2Si/c1-7-12(6,10-8(2)3)11-9(4)5/h8-11H,7H2,1-6H3. The molecule has 0 fully saturated rings. The minimum Gasteiger partial charge on any atom is -0.323 e. The van der Waals surface area contributed by atoms with Crippen molar-refractivity contribution in [2.45, 2.75) is 59.3 Å². The van der Waals surface area contributed by atoms with Crippen molar-refractivity contribution >= 4 is 8.40 Å². The molecule has 0 saturated carbocycles. The van der Waals surface area contributed by atoms with Gasteiger partial charge in [-0.3, -0.25) is 0 Å². The Morgan fingerprint density at radius 2 is 1.33 bits per heavy atom. The lowest BCUT2D eigenvalue weighted by Crippen LogP contribution is -2.63. The molecule has 0 aliphatic carbocycles. The van der Waals surface area contributed by atoms with Crippen LogP contribution in [-0.4, -0.2) is 20.5 Å². The first-order valence-corrected chi connectivity index (χ1v) is 7.65. The molecule has 0 heterocycles. The van der Waals surface area contributed by atoms with Gasteiger partial charge in [-0.05, 0) is 24.7 Å². The predicted octanol–water partition coefficient (Wildman–Crippen LogP) is 2.07. The molecule has 0 aliphatic heterocycles. The molecule has 0 rings (SSSR count). The second-order valence-electron chi connectivity index (χ2n) is 4.28. The van der Waals surface area contributed by atoms with Gasteiger partial charge in [0.05, 0.1) is 0 Å². The Balaban J connectivity index is 4.04. The Bertz CT molecular complexity index is 114. The zero-order valence-electron chi connectivity index (χ0n) is 9.36. The molecule has 2 nitrogen and oxygen atoms in total. The highest BCUT2D eigenvalue weighted by atomic mass is 28.3. The summed E-state index contributed by atoms with van der Waals surface area (Å²) < 4.78 is 0. The quantitative estimate of drug-likeness (QED) is 0.646. The zero-order chi connectivity index (χ0) is 9.78. The van der Waals surface area contributed by atoms with Gasteiger partial charge in [-0.25, -0.2) is 0 Å². The number of nitrogens with one attached hydrogen (secondary N) is 2. The van der Waals surface area contributed by atoms with Crippen molar-refractivity contribution in [2.24, 2.45) is 0 Å². The van der Waals surface area contributed by atoms with Crippen LogP contribution in [0.1, 0.15) is 34.6 Å². The van der Waals surface area contributed by atoms with Crippen molar-refractivity contribution < 1.29 is 0 Å². The molecule has 3 heteroatoms. The Hall–Kier alpha value is 0.137. The van der Waals surface area contributed by atoms with E-state index in [0.717, 1.165) is 0 Å². The van der Waals surface area contributed by atoms with E-state index in [9.17, 15) is 0 Å². The molecule has 2 N–H and O–H groups in total. The summed E-state index contributed by atoms with van der Waals surface area (Å²) in [5.74, 6) is 0. The molecular weight excluding hydrogens is 164 g/mol. The molecule has 0 aromatic heterocycles. The molecular formula is C9H24N2Si. The van der Waals surface area contributed by atoms with Gasteiger partial charge in [0.15, 0.2) is 8.40 Å². The van der Waals surface area contributed by atoms with Crippen molar-refractivity contribution in [3.05, 3.63) is 0 Å². The zero-order valence-corrected chi connectivity index (χ0v) is 10.4. The largest absolute Gasteiger partial charge is 0.323 e. The summed E-state index contributed by atoms with van der Waals surface area (Å²) in [6, 6.07) is 2.42. The lowest BCUT2D eigenvalue weighted by molar-refractivity contribution is 0.658. The van der Waals surface area contributed by atoms with E-state index in [-0.39, 0.29) is 0 Å². The average molecular weight is 188 g/mol. The van der Waals surface area contributed by atoms with Crippen LogP contribution in [0, 0.1) is 0 Å². The smallest absolute Gasteiger partial charge is 0.198 e. The Labute approximate surface area is 78.3 Å². The van der Waals surface area contributed by atoms with E-state index in [0.29, 0.717) is 12.1 Å². The van der Waals surface area contributed by atoms with Crippen LogP contribution in [0.4, 0.5) is 0 Å². The van der Waals surface area contributed by atoms with Crippen molar-refractivity contribution in [1.82, 2.24) is 9.96 Å². The molecule has 0 aromatic carbocycles. The van der Waals surface area contributed by atoms with Crippen LogP contribution >= 0.6 is 0 Å². The van der Waals surface area contributed by atoms with Crippen LogP contribution in [0.15, 0.2) is 0 Å². The van der Waals surface area contributed by atoms with Gasteiger partial charge in [0, 0.05) is 0 Å². The van der Waals surface area contributed by atoms with E-state index in [1.165, 1.54) is 6.04 Å². The molecule has 0 radical (unpaired) electrons. The normalized spacial score (nSPS) is 13.0. The van der Waals surface area contributed by atoms with E-state index in [2.05, 4.69) is 51.1 Å². The summed E-state index contributed by atoms with van der Waals surface area (Å²) in [6.45, 7) is 13.5. The van der Waals surface area contributed by atoms with E-state index >= 15 is 0 Å². The molecule has 0 unspecified atom stereocenters. The van der Waals surface area contributed by atoms with Gasteiger partial charge in [-0.15, -0.1) is 0 Å². The summed E-state index contributed by atoms with van der Waals surface area (Å²) in [4.78, 5) is 7.33. The van der Waals surface area contributed by atoms with Crippen LogP contribution in [-0.2, 0) is 0 Å². The highest BCUT2D eigenvalue weighted by molar-refractivity contribution is 6.73. The van der Waals surface area contributed by atoms with E-state index in [1.54, 1.807) is 0 Å². The first-order valence-electron chi connectivity index (χ1n) is 4.95. The van der Waals surface area contributed by atoms with E-state index in [1.807, 2.05) is 0 Å². The minimum atomic E-state index is -1.35. The number of rotatable bonds is 5. The third-order valence-electron chi connectivity index (χ3n) is 1.92. The predicted molar refractivity (Wildman–Crippen MR) is 58.6 cm³/mol. The van der Waals surface area contributed by atoms with Gasteiger partial charge in [0.2, 0.25) is 0 Å². The maximum Gasteiger partial charge on any atom is 0.198 e. The van der Waals surface area contributed by atoms with Crippen LogP contribution in [0.5, 0.6) is 0 Å².